The van der Waals surface area contributed by atoms with Crippen molar-refractivity contribution in [2.75, 3.05) is 11.4 Å². The van der Waals surface area contributed by atoms with Gasteiger partial charge < -0.3 is 10.0 Å². The topological polar surface area (TPSA) is 52.9 Å². The molecule has 112 valence electrons. The van der Waals surface area contributed by atoms with Gasteiger partial charge in [-0.25, -0.2) is 4.99 Å². The molecule has 1 aromatic rings. The lowest BCUT2D eigenvalue weighted by molar-refractivity contribution is -0.127. The van der Waals surface area contributed by atoms with Crippen molar-refractivity contribution in [2.24, 2.45) is 10.9 Å². The van der Waals surface area contributed by atoms with Crippen LogP contribution in [0.3, 0.4) is 0 Å². The number of para-hydroxylation sites is 1. The molecule has 4 nitrogen and oxygen atoms in total. The van der Waals surface area contributed by atoms with E-state index in [9.17, 15) is 9.90 Å². The van der Waals surface area contributed by atoms with Gasteiger partial charge in [0.05, 0.1) is 5.70 Å². The van der Waals surface area contributed by atoms with E-state index in [-0.39, 0.29) is 5.78 Å². The molecule has 4 rings (SSSR count). The normalized spacial score (nSPS) is 30.3. The average Bonchev–Trinajstić information content (AvgIpc) is 2.88. The van der Waals surface area contributed by atoms with Crippen LogP contribution in [0, 0.1) is 5.92 Å². The molecule has 0 amide bonds. The predicted molar refractivity (Wildman–Crippen MR) is 85.7 cm³/mol. The number of hydrogen-bond donors (Lipinski definition) is 1. The van der Waals surface area contributed by atoms with Crippen molar-refractivity contribution in [3.05, 3.63) is 53.8 Å². The molecule has 0 saturated carbocycles. The highest BCUT2D eigenvalue weighted by molar-refractivity contribution is 6.27. The summed E-state index contributed by atoms with van der Waals surface area (Å²) in [7, 11) is 0. The molecule has 2 atom stereocenters. The number of anilines is 1. The van der Waals surface area contributed by atoms with Gasteiger partial charge >= 0.3 is 0 Å². The number of Topliss-reactive ketones (excluding diaryl/α,β-unsaturated/α-hetero) is 1. The Hall–Kier alpha value is -2.20. The lowest BCUT2D eigenvalue weighted by Crippen LogP contribution is -2.50. The van der Waals surface area contributed by atoms with Crippen LogP contribution in [0.2, 0.25) is 0 Å². The largest absolute Gasteiger partial charge is 0.374 e. The number of aliphatic hydroxyl groups is 1. The van der Waals surface area contributed by atoms with Crippen LogP contribution in [-0.2, 0) is 4.79 Å². The number of carbonyl (C=O) groups excluding carboxylic acids is 1. The predicted octanol–water partition coefficient (Wildman–Crippen LogP) is 2.46. The fourth-order valence-electron chi connectivity index (χ4n) is 3.42. The Morgan fingerprint density at radius 3 is 2.86 bits per heavy atom. The summed E-state index contributed by atoms with van der Waals surface area (Å²) in [5.74, 6) is 0.588. The molecular weight excluding hydrogens is 276 g/mol. The number of rotatable bonds is 1. The highest BCUT2D eigenvalue weighted by Gasteiger charge is 2.53. The fraction of sp³-hybridized carbons (Fsp3) is 0.333. The summed E-state index contributed by atoms with van der Waals surface area (Å²) in [4.78, 5) is 19.4. The summed E-state index contributed by atoms with van der Waals surface area (Å²) in [6, 6.07) is 9.80. The maximum absolute atomic E-state index is 12.8. The number of carbonyl (C=O) groups is 1. The maximum atomic E-state index is 12.8. The third-order valence-electron chi connectivity index (χ3n) is 4.65. The zero-order chi connectivity index (χ0) is 15.3. The third-order valence-corrected chi connectivity index (χ3v) is 4.65. The van der Waals surface area contributed by atoms with Gasteiger partial charge in [-0.05, 0) is 24.5 Å². The molecule has 0 bridgehead atoms. The molecule has 2 unspecified atom stereocenters. The van der Waals surface area contributed by atoms with Crippen molar-refractivity contribution in [1.82, 2.24) is 0 Å². The number of aliphatic imine (C=N–C) groups is 1. The Labute approximate surface area is 129 Å². The first-order valence-corrected chi connectivity index (χ1v) is 7.71. The number of hydrogen-bond acceptors (Lipinski definition) is 4. The molecule has 2 aliphatic heterocycles. The number of fused-ring (bicyclic) bond motifs is 2. The number of amidine groups is 1. The zero-order valence-electron chi connectivity index (χ0n) is 12.5. The standard InChI is InChI=1S/C18H18N2O2/c1-12-7-8-15-14(11-12)16(21)18(22)9-10-20(17(18)19-15)13-5-3-2-4-6-13/h2-6,8,11-12,22H,7,9-10H2,1H3. The second-order valence-corrected chi connectivity index (χ2v) is 6.24. The van der Waals surface area contributed by atoms with Crippen molar-refractivity contribution in [1.29, 1.82) is 0 Å². The van der Waals surface area contributed by atoms with Gasteiger partial charge in [-0.1, -0.05) is 37.3 Å². The molecule has 4 heteroatoms. The van der Waals surface area contributed by atoms with E-state index in [0.29, 0.717) is 36.0 Å². The molecule has 2 heterocycles. The SMILES string of the molecule is CC1C=C2C(=O)C3(O)CCN(c4ccccc4)C3=NC2=CC1. The van der Waals surface area contributed by atoms with Crippen molar-refractivity contribution in [3.8, 4) is 0 Å². The first-order valence-electron chi connectivity index (χ1n) is 7.71. The van der Waals surface area contributed by atoms with E-state index in [1.165, 1.54) is 0 Å². The van der Waals surface area contributed by atoms with Crippen LogP contribution in [0.5, 0.6) is 0 Å². The van der Waals surface area contributed by atoms with Crippen molar-refractivity contribution < 1.29 is 9.90 Å². The second kappa shape index (κ2) is 4.65. The minimum atomic E-state index is -1.48. The molecule has 22 heavy (non-hydrogen) atoms. The van der Waals surface area contributed by atoms with Gasteiger partial charge in [0.2, 0.25) is 5.78 Å². The molecule has 1 aromatic carbocycles. The van der Waals surface area contributed by atoms with Crippen LogP contribution < -0.4 is 4.90 Å². The van der Waals surface area contributed by atoms with Gasteiger partial charge in [0.15, 0.2) is 5.60 Å². The second-order valence-electron chi connectivity index (χ2n) is 6.24. The summed E-state index contributed by atoms with van der Waals surface area (Å²) in [6.07, 6.45) is 5.22. The minimum Gasteiger partial charge on any atom is -0.374 e. The Kier molecular flexibility index (Phi) is 2.84. The lowest BCUT2D eigenvalue weighted by atomic mass is 9.82. The molecule has 3 aliphatic rings. The highest BCUT2D eigenvalue weighted by Crippen LogP contribution is 2.39. The third kappa shape index (κ3) is 1.80. The van der Waals surface area contributed by atoms with Crippen molar-refractivity contribution >= 4 is 17.3 Å². The van der Waals surface area contributed by atoms with E-state index >= 15 is 0 Å². The van der Waals surface area contributed by atoms with Crippen LogP contribution in [0.4, 0.5) is 5.69 Å². The number of ketones is 1. The molecule has 1 fully saturated rings. The van der Waals surface area contributed by atoms with Crippen molar-refractivity contribution in [3.63, 3.8) is 0 Å². The Balaban J connectivity index is 1.83. The van der Waals surface area contributed by atoms with Crippen LogP contribution in [0.25, 0.3) is 0 Å². The smallest absolute Gasteiger partial charge is 0.204 e. The molecule has 1 saturated heterocycles. The van der Waals surface area contributed by atoms with Gasteiger partial charge in [-0.15, -0.1) is 0 Å². The van der Waals surface area contributed by atoms with Crippen LogP contribution in [-0.4, -0.2) is 28.9 Å². The summed E-state index contributed by atoms with van der Waals surface area (Å²) < 4.78 is 0. The molecule has 0 radical (unpaired) electrons. The Bertz CT molecular complexity index is 733. The van der Waals surface area contributed by atoms with Crippen LogP contribution >= 0.6 is 0 Å². The summed E-state index contributed by atoms with van der Waals surface area (Å²) in [5.41, 5.74) is 0.781. The van der Waals surface area contributed by atoms with Gasteiger partial charge in [0.1, 0.15) is 5.84 Å². The maximum Gasteiger partial charge on any atom is 0.204 e. The monoisotopic (exact) mass is 294 g/mol. The first-order chi connectivity index (χ1) is 10.6. The van der Waals surface area contributed by atoms with E-state index < -0.39 is 5.60 Å². The van der Waals surface area contributed by atoms with E-state index in [1.54, 1.807) is 0 Å². The van der Waals surface area contributed by atoms with E-state index in [2.05, 4.69) is 11.9 Å². The number of allylic oxidation sites excluding steroid dienone is 3. The fourth-order valence-corrected chi connectivity index (χ4v) is 3.42. The summed E-state index contributed by atoms with van der Waals surface area (Å²) >= 11 is 0. The average molecular weight is 294 g/mol. The number of nitrogens with zero attached hydrogens (tertiary/aromatic N) is 2. The first kappa shape index (κ1) is 13.5. The summed E-state index contributed by atoms with van der Waals surface area (Å²) in [5, 5.41) is 10.9. The van der Waals surface area contributed by atoms with E-state index in [4.69, 9.17) is 0 Å². The lowest BCUT2D eigenvalue weighted by Gasteiger charge is -2.32. The summed E-state index contributed by atoms with van der Waals surface area (Å²) in [6.45, 7) is 2.67. The molecule has 0 aromatic heterocycles. The van der Waals surface area contributed by atoms with Crippen LogP contribution in [0.15, 0.2) is 58.7 Å². The van der Waals surface area contributed by atoms with E-state index in [1.807, 2.05) is 47.4 Å². The Morgan fingerprint density at radius 2 is 2.09 bits per heavy atom. The van der Waals surface area contributed by atoms with Gasteiger partial charge in [-0.3, -0.25) is 4.79 Å². The molecule has 1 N–H and O–H groups in total. The van der Waals surface area contributed by atoms with Crippen LogP contribution in [0.1, 0.15) is 19.8 Å². The van der Waals surface area contributed by atoms with E-state index in [0.717, 1.165) is 12.1 Å². The molecule has 0 spiro atoms. The molecule has 1 aliphatic carbocycles. The molecular formula is C18H18N2O2. The number of benzene rings is 1. The van der Waals surface area contributed by atoms with Crippen molar-refractivity contribution in [2.45, 2.75) is 25.4 Å². The Morgan fingerprint density at radius 1 is 1.32 bits per heavy atom. The minimum absolute atomic E-state index is 0.200. The van der Waals surface area contributed by atoms with Gasteiger partial charge in [0, 0.05) is 24.2 Å². The van der Waals surface area contributed by atoms with Gasteiger partial charge in [0.25, 0.3) is 0 Å². The highest BCUT2D eigenvalue weighted by atomic mass is 16.3. The zero-order valence-corrected chi connectivity index (χ0v) is 12.5. The van der Waals surface area contributed by atoms with Gasteiger partial charge in [-0.2, -0.15) is 0 Å². The quantitative estimate of drug-likeness (QED) is 0.865.